The first-order chi connectivity index (χ1) is 15.8. The average Bonchev–Trinajstić information content (AvgIpc) is 2.77. The van der Waals surface area contributed by atoms with Gasteiger partial charge in [0.15, 0.2) is 0 Å². The van der Waals surface area contributed by atoms with E-state index in [9.17, 15) is 13.2 Å². The van der Waals surface area contributed by atoms with Gasteiger partial charge in [-0.2, -0.15) is 4.31 Å². The van der Waals surface area contributed by atoms with Gasteiger partial charge in [-0.25, -0.2) is 8.42 Å². The number of hydrogen-bond acceptors (Lipinski definition) is 5. The maximum atomic E-state index is 13.4. The molecule has 0 aliphatic heterocycles. The lowest BCUT2D eigenvalue weighted by molar-refractivity contribution is -0.141. The highest BCUT2D eigenvalue weighted by atomic mass is 32.2. The van der Waals surface area contributed by atoms with Crippen LogP contribution >= 0.6 is 0 Å². The van der Waals surface area contributed by atoms with Crippen LogP contribution in [0.4, 0.5) is 0 Å². The first-order valence-electron chi connectivity index (χ1n) is 13.5. The lowest BCUT2D eigenvalue weighted by atomic mass is 10.0. The van der Waals surface area contributed by atoms with Crippen molar-refractivity contribution in [2.45, 2.75) is 123 Å². The van der Waals surface area contributed by atoms with Crippen molar-refractivity contribution in [3.05, 3.63) is 0 Å². The number of hydrogen-bond donors (Lipinski definition) is 0. The summed E-state index contributed by atoms with van der Waals surface area (Å²) < 4.78 is 33.3. The molecule has 0 rings (SSSR count). The first-order valence-corrected chi connectivity index (χ1v) is 15.1. The summed E-state index contributed by atoms with van der Waals surface area (Å²) >= 11 is 0. The van der Waals surface area contributed by atoms with Gasteiger partial charge in [-0.05, 0) is 39.9 Å². The second-order valence-electron chi connectivity index (χ2n) is 9.70. The predicted molar refractivity (Wildman–Crippen MR) is 140 cm³/mol. The molecule has 0 saturated heterocycles. The van der Waals surface area contributed by atoms with Crippen LogP contribution in [0.25, 0.3) is 0 Å². The lowest BCUT2D eigenvalue weighted by Gasteiger charge is -2.31. The normalized spacial score (nSPS) is 13.1. The molecule has 6 nitrogen and oxygen atoms in total. The van der Waals surface area contributed by atoms with Crippen molar-refractivity contribution < 1.29 is 17.9 Å². The molecule has 7 heteroatoms. The molecule has 1 atom stereocenters. The second kappa shape index (κ2) is 20.7. The van der Waals surface area contributed by atoms with Crippen molar-refractivity contribution in [1.82, 2.24) is 9.21 Å². The number of methoxy groups -OCH3 is 1. The summed E-state index contributed by atoms with van der Waals surface area (Å²) in [7, 11) is 1.97. The standard InChI is InChI=1S/C26H54N2O4S/c1-6-8-10-12-14-15-17-20-25(24-26(29)32-5)28(22-19-21-27(3)4)33(30,31)23-18-16-13-11-9-7-2/h25H,6-24H2,1-5H3. The van der Waals surface area contributed by atoms with Crippen LogP contribution in [0.2, 0.25) is 0 Å². The van der Waals surface area contributed by atoms with Gasteiger partial charge in [-0.1, -0.05) is 90.9 Å². The Kier molecular flexibility index (Phi) is 20.3. The third kappa shape index (κ3) is 17.4. The predicted octanol–water partition coefficient (Wildman–Crippen LogP) is 6.00. The zero-order chi connectivity index (χ0) is 25.0. The highest BCUT2D eigenvalue weighted by Gasteiger charge is 2.31. The van der Waals surface area contributed by atoms with Crippen LogP contribution in [0.1, 0.15) is 117 Å². The fourth-order valence-electron chi connectivity index (χ4n) is 4.23. The van der Waals surface area contributed by atoms with E-state index in [4.69, 9.17) is 4.74 Å². The van der Waals surface area contributed by atoms with E-state index in [2.05, 4.69) is 18.7 Å². The summed E-state index contributed by atoms with van der Waals surface area (Å²) in [5, 5.41) is 0. The number of nitrogens with zero attached hydrogens (tertiary/aromatic N) is 2. The van der Waals surface area contributed by atoms with Gasteiger partial charge >= 0.3 is 5.97 Å². The van der Waals surface area contributed by atoms with Crippen LogP contribution in [0.3, 0.4) is 0 Å². The van der Waals surface area contributed by atoms with Crippen LogP contribution in [-0.4, -0.2) is 69.7 Å². The van der Waals surface area contributed by atoms with E-state index < -0.39 is 10.0 Å². The second-order valence-corrected chi connectivity index (χ2v) is 11.7. The summed E-state index contributed by atoms with van der Waals surface area (Å²) in [5.74, 6) is -0.147. The molecule has 0 saturated carbocycles. The number of carbonyl (C=O) groups is 1. The molecule has 0 heterocycles. The molecule has 0 radical (unpaired) electrons. The van der Waals surface area contributed by atoms with E-state index in [-0.39, 0.29) is 24.2 Å². The molecule has 33 heavy (non-hydrogen) atoms. The van der Waals surface area contributed by atoms with Gasteiger partial charge in [0, 0.05) is 12.6 Å². The van der Waals surface area contributed by atoms with Crippen LogP contribution in [0, 0.1) is 0 Å². The molecule has 1 unspecified atom stereocenters. The largest absolute Gasteiger partial charge is 0.469 e. The number of sulfonamides is 1. The molecule has 198 valence electrons. The Morgan fingerprint density at radius 1 is 0.758 bits per heavy atom. The van der Waals surface area contributed by atoms with E-state index in [1.807, 2.05) is 14.1 Å². The molecule has 0 amide bonds. The molecule has 0 aromatic carbocycles. The van der Waals surface area contributed by atoms with Gasteiger partial charge in [0.1, 0.15) is 0 Å². The van der Waals surface area contributed by atoms with Gasteiger partial charge in [0.25, 0.3) is 0 Å². The van der Waals surface area contributed by atoms with E-state index >= 15 is 0 Å². The Morgan fingerprint density at radius 2 is 1.27 bits per heavy atom. The maximum absolute atomic E-state index is 13.4. The highest BCUT2D eigenvalue weighted by Crippen LogP contribution is 2.21. The number of unbranched alkanes of at least 4 members (excludes halogenated alkanes) is 11. The summed E-state index contributed by atoms with van der Waals surface area (Å²) in [5.41, 5.74) is 0. The van der Waals surface area contributed by atoms with Crippen molar-refractivity contribution in [2.75, 3.05) is 40.0 Å². The number of carbonyl (C=O) groups excluding carboxylic acids is 1. The third-order valence-electron chi connectivity index (χ3n) is 6.28. The van der Waals surface area contributed by atoms with Crippen molar-refractivity contribution >= 4 is 16.0 Å². The Labute approximate surface area is 205 Å². The van der Waals surface area contributed by atoms with Crippen molar-refractivity contribution in [3.63, 3.8) is 0 Å². The molecule has 0 aromatic rings. The molecular weight excluding hydrogens is 436 g/mol. The summed E-state index contributed by atoms with van der Waals surface area (Å²) in [6, 6.07) is -0.305. The quantitative estimate of drug-likeness (QED) is 0.130. The monoisotopic (exact) mass is 490 g/mol. The Morgan fingerprint density at radius 3 is 1.79 bits per heavy atom. The minimum Gasteiger partial charge on any atom is -0.469 e. The molecule has 0 bridgehead atoms. The summed E-state index contributed by atoms with van der Waals surface area (Å²) in [6.07, 6.45) is 16.2. The Balaban J connectivity index is 5.11. The number of esters is 1. The zero-order valence-electron chi connectivity index (χ0n) is 22.4. The van der Waals surface area contributed by atoms with Gasteiger partial charge in [-0.3, -0.25) is 4.79 Å². The van der Waals surface area contributed by atoms with Gasteiger partial charge in [-0.15, -0.1) is 0 Å². The zero-order valence-corrected chi connectivity index (χ0v) is 23.3. The molecule has 0 aromatic heterocycles. The molecule has 0 fully saturated rings. The SMILES string of the molecule is CCCCCCCCCC(CC(=O)OC)N(CCCN(C)C)S(=O)(=O)CCCCCCCC. The van der Waals surface area contributed by atoms with Crippen molar-refractivity contribution in [3.8, 4) is 0 Å². The molecule has 0 N–H and O–H groups in total. The first kappa shape index (κ1) is 32.3. The van der Waals surface area contributed by atoms with E-state index in [1.165, 1.54) is 58.5 Å². The molecule has 0 spiro atoms. The smallest absolute Gasteiger partial charge is 0.307 e. The van der Waals surface area contributed by atoms with Gasteiger partial charge in [0.05, 0.1) is 19.3 Å². The van der Waals surface area contributed by atoms with Crippen LogP contribution < -0.4 is 0 Å². The third-order valence-corrected chi connectivity index (χ3v) is 8.28. The topological polar surface area (TPSA) is 66.9 Å². The Bertz CT molecular complexity index is 567. The van der Waals surface area contributed by atoms with Crippen molar-refractivity contribution in [1.29, 1.82) is 0 Å². The van der Waals surface area contributed by atoms with E-state index in [0.29, 0.717) is 13.0 Å². The van der Waals surface area contributed by atoms with E-state index in [0.717, 1.165) is 45.1 Å². The summed E-state index contributed by atoms with van der Waals surface area (Å²) in [4.78, 5) is 14.2. The fraction of sp³-hybridized carbons (Fsp3) is 0.962. The van der Waals surface area contributed by atoms with Gasteiger partial charge < -0.3 is 9.64 Å². The fourth-order valence-corrected chi connectivity index (χ4v) is 6.08. The Hall–Kier alpha value is -0.660. The molecule has 0 aliphatic carbocycles. The van der Waals surface area contributed by atoms with E-state index in [1.54, 1.807) is 4.31 Å². The minimum atomic E-state index is -3.41. The number of ether oxygens (including phenoxy) is 1. The van der Waals surface area contributed by atoms with Crippen LogP contribution in [-0.2, 0) is 19.6 Å². The lowest BCUT2D eigenvalue weighted by Crippen LogP contribution is -2.44. The summed E-state index contributed by atoms with van der Waals surface area (Å²) in [6.45, 7) is 5.69. The minimum absolute atomic E-state index is 0.143. The van der Waals surface area contributed by atoms with Crippen LogP contribution in [0.15, 0.2) is 0 Å². The maximum Gasteiger partial charge on any atom is 0.307 e. The molecular formula is C26H54N2O4S. The van der Waals surface area contributed by atoms with Crippen LogP contribution in [0.5, 0.6) is 0 Å². The number of rotatable bonds is 23. The van der Waals surface area contributed by atoms with Crippen molar-refractivity contribution in [2.24, 2.45) is 0 Å². The molecule has 0 aliphatic rings. The average molecular weight is 491 g/mol. The highest BCUT2D eigenvalue weighted by molar-refractivity contribution is 7.89. The van der Waals surface area contributed by atoms with Gasteiger partial charge in [0.2, 0.25) is 10.0 Å².